The Labute approximate surface area is 130 Å². The number of rotatable bonds is 3. The zero-order chi connectivity index (χ0) is 15.8. The lowest BCUT2D eigenvalue weighted by Gasteiger charge is -2.43. The first-order chi connectivity index (χ1) is 9.74. The van der Waals surface area contributed by atoms with Gasteiger partial charge < -0.3 is 10.2 Å². The number of nitrogens with one attached hydrogen (secondary N) is 1. The maximum absolute atomic E-state index is 12.8. The Bertz CT molecular complexity index is 545. The summed E-state index contributed by atoms with van der Waals surface area (Å²) < 4.78 is 0. The van der Waals surface area contributed by atoms with Crippen LogP contribution in [0.4, 0.5) is 0 Å². The summed E-state index contributed by atoms with van der Waals surface area (Å²) >= 11 is 1.68. The smallest absolute Gasteiger partial charge is 0.246 e. The number of aryl methyl sites for hydroxylation is 1. The molecular weight excluding hydrogens is 284 g/mol. The van der Waals surface area contributed by atoms with Crippen molar-refractivity contribution in [1.29, 1.82) is 0 Å². The number of thiophene rings is 1. The zero-order valence-corrected chi connectivity index (χ0v) is 14.2. The SMILES string of the molecule is CCC1C(=O)NC(C(C)(C)C)C(=O)N1Cc1ccc(C)s1. The molecule has 5 heteroatoms. The Morgan fingerprint density at radius 1 is 1.29 bits per heavy atom. The second-order valence-electron chi connectivity index (χ2n) is 6.71. The maximum Gasteiger partial charge on any atom is 0.246 e. The van der Waals surface area contributed by atoms with Gasteiger partial charge in [0.05, 0.1) is 6.54 Å². The molecule has 2 heterocycles. The van der Waals surface area contributed by atoms with E-state index in [9.17, 15) is 9.59 Å². The number of nitrogens with zero attached hydrogens (tertiary/aromatic N) is 1. The van der Waals surface area contributed by atoms with E-state index in [0.29, 0.717) is 13.0 Å². The molecule has 0 aliphatic carbocycles. The van der Waals surface area contributed by atoms with Gasteiger partial charge in [-0.3, -0.25) is 9.59 Å². The predicted molar refractivity (Wildman–Crippen MR) is 85.1 cm³/mol. The Kier molecular flexibility index (Phi) is 4.42. The Hall–Kier alpha value is -1.36. The molecule has 0 aromatic carbocycles. The van der Waals surface area contributed by atoms with Crippen LogP contribution >= 0.6 is 11.3 Å². The van der Waals surface area contributed by atoms with E-state index in [0.717, 1.165) is 4.88 Å². The Morgan fingerprint density at radius 2 is 1.95 bits per heavy atom. The van der Waals surface area contributed by atoms with Gasteiger partial charge in [0.25, 0.3) is 0 Å². The summed E-state index contributed by atoms with van der Waals surface area (Å²) in [4.78, 5) is 29.2. The van der Waals surface area contributed by atoms with E-state index in [1.807, 2.05) is 40.7 Å². The maximum atomic E-state index is 12.8. The zero-order valence-electron chi connectivity index (χ0n) is 13.4. The third-order valence-corrected chi connectivity index (χ3v) is 4.86. The molecule has 2 rings (SSSR count). The van der Waals surface area contributed by atoms with Crippen LogP contribution in [0.25, 0.3) is 0 Å². The van der Waals surface area contributed by atoms with Crippen molar-refractivity contribution >= 4 is 23.2 Å². The molecular formula is C16H24N2O2S. The highest BCUT2D eigenvalue weighted by Crippen LogP contribution is 2.28. The molecule has 21 heavy (non-hydrogen) atoms. The van der Waals surface area contributed by atoms with Crippen LogP contribution in [0.15, 0.2) is 12.1 Å². The molecule has 1 aliphatic heterocycles. The first-order valence-corrected chi connectivity index (χ1v) is 8.22. The summed E-state index contributed by atoms with van der Waals surface area (Å²) in [5.41, 5.74) is -0.283. The first-order valence-electron chi connectivity index (χ1n) is 7.40. The molecule has 0 bridgehead atoms. The predicted octanol–water partition coefficient (Wildman–Crippen LogP) is 2.71. The van der Waals surface area contributed by atoms with Crippen LogP contribution in [0.2, 0.25) is 0 Å². The van der Waals surface area contributed by atoms with Crippen molar-refractivity contribution in [3.63, 3.8) is 0 Å². The van der Waals surface area contributed by atoms with E-state index in [1.54, 1.807) is 16.2 Å². The fourth-order valence-electron chi connectivity index (χ4n) is 2.68. The van der Waals surface area contributed by atoms with E-state index in [4.69, 9.17) is 0 Å². The molecule has 1 saturated heterocycles. The van der Waals surface area contributed by atoms with Crippen LogP contribution in [-0.2, 0) is 16.1 Å². The first kappa shape index (κ1) is 16.0. The molecule has 0 spiro atoms. The van der Waals surface area contributed by atoms with E-state index < -0.39 is 6.04 Å². The summed E-state index contributed by atoms with van der Waals surface area (Å²) in [6.45, 7) is 10.5. The van der Waals surface area contributed by atoms with Crippen molar-refractivity contribution in [2.45, 2.75) is 59.7 Å². The fourth-order valence-corrected chi connectivity index (χ4v) is 3.57. The van der Waals surface area contributed by atoms with E-state index in [1.165, 1.54) is 4.88 Å². The lowest BCUT2D eigenvalue weighted by Crippen LogP contribution is -2.66. The van der Waals surface area contributed by atoms with Crippen LogP contribution < -0.4 is 5.32 Å². The summed E-state index contributed by atoms with van der Waals surface area (Å²) in [5, 5.41) is 2.90. The van der Waals surface area contributed by atoms with Crippen molar-refractivity contribution in [3.05, 3.63) is 21.9 Å². The second kappa shape index (κ2) is 5.79. The molecule has 2 atom stereocenters. The molecule has 2 amide bonds. The van der Waals surface area contributed by atoms with Crippen molar-refractivity contribution in [2.24, 2.45) is 5.41 Å². The van der Waals surface area contributed by atoms with Gasteiger partial charge in [-0.25, -0.2) is 0 Å². The van der Waals surface area contributed by atoms with Crippen molar-refractivity contribution < 1.29 is 9.59 Å². The summed E-state index contributed by atoms with van der Waals surface area (Å²) in [5.74, 6) is -0.00898. The van der Waals surface area contributed by atoms with Gasteiger partial charge in [-0.05, 0) is 30.9 Å². The largest absolute Gasteiger partial charge is 0.342 e. The molecule has 0 saturated carbocycles. The van der Waals surface area contributed by atoms with Gasteiger partial charge in [0.15, 0.2) is 0 Å². The van der Waals surface area contributed by atoms with Crippen molar-refractivity contribution in [2.75, 3.05) is 0 Å². The molecule has 1 aromatic rings. The van der Waals surface area contributed by atoms with Crippen LogP contribution in [0.1, 0.15) is 43.9 Å². The van der Waals surface area contributed by atoms with Crippen LogP contribution in [0, 0.1) is 12.3 Å². The number of carbonyl (C=O) groups is 2. The van der Waals surface area contributed by atoms with Crippen LogP contribution in [0.3, 0.4) is 0 Å². The Morgan fingerprint density at radius 3 is 2.43 bits per heavy atom. The topological polar surface area (TPSA) is 49.4 Å². The average Bonchev–Trinajstić information content (AvgIpc) is 2.78. The number of amides is 2. The average molecular weight is 308 g/mol. The molecule has 1 aliphatic rings. The number of hydrogen-bond acceptors (Lipinski definition) is 3. The second-order valence-corrected chi connectivity index (χ2v) is 8.08. The molecule has 116 valence electrons. The quantitative estimate of drug-likeness (QED) is 0.933. The lowest BCUT2D eigenvalue weighted by atomic mass is 9.83. The van der Waals surface area contributed by atoms with E-state index in [2.05, 4.69) is 11.4 Å². The van der Waals surface area contributed by atoms with E-state index >= 15 is 0 Å². The van der Waals surface area contributed by atoms with Gasteiger partial charge in [0, 0.05) is 9.75 Å². The van der Waals surface area contributed by atoms with Crippen molar-refractivity contribution in [3.8, 4) is 0 Å². The molecule has 1 aromatic heterocycles. The van der Waals surface area contributed by atoms with Gasteiger partial charge in [0.1, 0.15) is 12.1 Å². The molecule has 1 N–H and O–H groups in total. The molecule has 2 unspecified atom stereocenters. The van der Waals surface area contributed by atoms with Crippen molar-refractivity contribution in [1.82, 2.24) is 10.2 Å². The minimum atomic E-state index is -0.450. The minimum Gasteiger partial charge on any atom is -0.342 e. The third kappa shape index (κ3) is 3.28. The summed E-state index contributed by atoms with van der Waals surface area (Å²) in [7, 11) is 0. The highest BCUT2D eigenvalue weighted by molar-refractivity contribution is 7.11. The van der Waals surface area contributed by atoms with Gasteiger partial charge >= 0.3 is 0 Å². The highest BCUT2D eigenvalue weighted by atomic mass is 32.1. The number of carbonyl (C=O) groups excluding carboxylic acids is 2. The Balaban J connectivity index is 2.28. The molecule has 4 nitrogen and oxygen atoms in total. The molecule has 0 radical (unpaired) electrons. The summed E-state index contributed by atoms with van der Waals surface area (Å²) in [6.07, 6.45) is 0.638. The highest BCUT2D eigenvalue weighted by Gasteiger charge is 2.44. The number of piperazine rings is 1. The normalized spacial score (nSPS) is 23.4. The van der Waals surface area contributed by atoms with Gasteiger partial charge in [0.2, 0.25) is 11.8 Å². The van der Waals surface area contributed by atoms with Crippen LogP contribution in [-0.4, -0.2) is 28.8 Å². The van der Waals surface area contributed by atoms with Gasteiger partial charge in [-0.2, -0.15) is 0 Å². The monoisotopic (exact) mass is 308 g/mol. The van der Waals surface area contributed by atoms with Crippen LogP contribution in [0.5, 0.6) is 0 Å². The third-order valence-electron chi connectivity index (χ3n) is 3.87. The van der Waals surface area contributed by atoms with Gasteiger partial charge in [-0.15, -0.1) is 11.3 Å². The minimum absolute atomic E-state index is 0.0278. The van der Waals surface area contributed by atoms with E-state index in [-0.39, 0.29) is 23.3 Å². The fraction of sp³-hybridized carbons (Fsp3) is 0.625. The van der Waals surface area contributed by atoms with Gasteiger partial charge in [-0.1, -0.05) is 27.7 Å². The standard InChI is InChI=1S/C16H24N2O2S/c1-6-12-14(19)17-13(16(3,4)5)15(20)18(12)9-11-8-7-10(2)21-11/h7-8,12-13H,6,9H2,1-5H3,(H,17,19). The molecule has 1 fully saturated rings. The number of hydrogen-bond donors (Lipinski definition) is 1. The summed E-state index contributed by atoms with van der Waals surface area (Å²) in [6, 6.07) is 3.28. The lowest BCUT2D eigenvalue weighted by molar-refractivity contribution is -0.153.